The molecule has 1 heterocycles. The number of nitrogens with zero attached hydrogens (tertiary/aromatic N) is 1. The second kappa shape index (κ2) is 4.14. The first-order valence-electron chi connectivity index (χ1n) is 4.97. The first kappa shape index (κ1) is 11.5. The molecular weight excluding hydrogens is 275 g/mol. The third-order valence-corrected chi connectivity index (χ3v) is 3.52. The normalized spacial score (nSPS) is 25.2. The maximum atomic E-state index is 13.1. The SMILES string of the molecule is CN1C(=O)CC(N)C1c1ccc(F)c(Br)c1. The Kier molecular flexibility index (Phi) is 2.99. The van der Waals surface area contributed by atoms with Crippen LogP contribution in [0.25, 0.3) is 0 Å². The molecule has 2 unspecified atom stereocenters. The summed E-state index contributed by atoms with van der Waals surface area (Å²) in [6, 6.07) is 4.33. The maximum absolute atomic E-state index is 13.1. The van der Waals surface area contributed by atoms with Crippen molar-refractivity contribution in [2.24, 2.45) is 5.73 Å². The van der Waals surface area contributed by atoms with Gasteiger partial charge in [0.05, 0.1) is 10.5 Å². The van der Waals surface area contributed by atoms with E-state index in [2.05, 4.69) is 15.9 Å². The molecule has 3 nitrogen and oxygen atoms in total. The predicted octanol–water partition coefficient (Wildman–Crippen LogP) is 1.82. The Bertz CT molecular complexity index is 438. The topological polar surface area (TPSA) is 46.3 Å². The van der Waals surface area contributed by atoms with E-state index in [1.54, 1.807) is 24.1 Å². The van der Waals surface area contributed by atoms with Crippen molar-refractivity contribution in [1.29, 1.82) is 0 Å². The largest absolute Gasteiger partial charge is 0.337 e. The van der Waals surface area contributed by atoms with Crippen LogP contribution in [0.3, 0.4) is 0 Å². The van der Waals surface area contributed by atoms with E-state index in [0.717, 1.165) is 5.56 Å². The zero-order valence-electron chi connectivity index (χ0n) is 8.78. The first-order valence-corrected chi connectivity index (χ1v) is 5.76. The van der Waals surface area contributed by atoms with E-state index in [1.165, 1.54) is 6.07 Å². The van der Waals surface area contributed by atoms with Crippen LogP contribution in [0.4, 0.5) is 4.39 Å². The van der Waals surface area contributed by atoms with E-state index in [0.29, 0.717) is 10.9 Å². The lowest BCUT2D eigenvalue weighted by atomic mass is 10.0. The second-order valence-electron chi connectivity index (χ2n) is 3.99. The van der Waals surface area contributed by atoms with Crippen molar-refractivity contribution in [3.05, 3.63) is 34.1 Å². The van der Waals surface area contributed by atoms with E-state index < -0.39 is 0 Å². The molecule has 0 bridgehead atoms. The highest BCUT2D eigenvalue weighted by atomic mass is 79.9. The molecule has 1 aliphatic heterocycles. The number of likely N-dealkylation sites (tertiary alicyclic amines) is 1. The number of likely N-dealkylation sites (N-methyl/N-ethyl adjacent to an activating group) is 1. The molecule has 0 spiro atoms. The van der Waals surface area contributed by atoms with Crippen molar-refractivity contribution >= 4 is 21.8 Å². The van der Waals surface area contributed by atoms with Gasteiger partial charge in [0.2, 0.25) is 5.91 Å². The third kappa shape index (κ3) is 1.85. The fourth-order valence-electron chi connectivity index (χ4n) is 2.07. The van der Waals surface area contributed by atoms with Gasteiger partial charge in [-0.25, -0.2) is 4.39 Å². The minimum absolute atomic E-state index is 0.0259. The summed E-state index contributed by atoms with van der Waals surface area (Å²) in [7, 11) is 1.72. The summed E-state index contributed by atoms with van der Waals surface area (Å²) in [4.78, 5) is 13.1. The van der Waals surface area contributed by atoms with Gasteiger partial charge in [-0.3, -0.25) is 4.79 Å². The summed E-state index contributed by atoms with van der Waals surface area (Å²) in [5.41, 5.74) is 6.76. The van der Waals surface area contributed by atoms with Crippen molar-refractivity contribution in [2.45, 2.75) is 18.5 Å². The fourth-order valence-corrected chi connectivity index (χ4v) is 2.46. The molecule has 5 heteroatoms. The van der Waals surface area contributed by atoms with Crippen LogP contribution in [0.1, 0.15) is 18.0 Å². The van der Waals surface area contributed by atoms with Crippen molar-refractivity contribution in [3.8, 4) is 0 Å². The number of carbonyl (C=O) groups is 1. The van der Waals surface area contributed by atoms with Crippen LogP contribution in [0.15, 0.2) is 22.7 Å². The van der Waals surface area contributed by atoms with Gasteiger partial charge in [0.15, 0.2) is 0 Å². The van der Waals surface area contributed by atoms with Crippen LogP contribution < -0.4 is 5.73 Å². The average Bonchev–Trinajstić information content (AvgIpc) is 2.47. The van der Waals surface area contributed by atoms with Gasteiger partial charge >= 0.3 is 0 Å². The number of hydrogen-bond donors (Lipinski definition) is 1. The lowest BCUT2D eigenvalue weighted by Crippen LogP contribution is -2.30. The zero-order valence-corrected chi connectivity index (χ0v) is 10.4. The van der Waals surface area contributed by atoms with Crippen molar-refractivity contribution in [1.82, 2.24) is 4.90 Å². The number of benzene rings is 1. The summed E-state index contributed by atoms with van der Waals surface area (Å²) < 4.78 is 13.5. The van der Waals surface area contributed by atoms with Gasteiger partial charge in [0.25, 0.3) is 0 Å². The highest BCUT2D eigenvalue weighted by Gasteiger charge is 2.36. The van der Waals surface area contributed by atoms with Crippen molar-refractivity contribution < 1.29 is 9.18 Å². The molecular formula is C11H12BrFN2O. The molecule has 2 N–H and O–H groups in total. The highest BCUT2D eigenvalue weighted by molar-refractivity contribution is 9.10. The summed E-state index contributed by atoms with van der Waals surface area (Å²) >= 11 is 3.13. The summed E-state index contributed by atoms with van der Waals surface area (Å²) in [5, 5.41) is 0. The Hall–Kier alpha value is -0.940. The standard InChI is InChI=1S/C11H12BrFN2O/c1-15-10(16)5-9(14)11(15)6-2-3-8(13)7(12)4-6/h2-4,9,11H,5,14H2,1H3. The smallest absolute Gasteiger partial charge is 0.224 e. The van der Waals surface area contributed by atoms with E-state index in [9.17, 15) is 9.18 Å². The molecule has 2 atom stereocenters. The molecule has 86 valence electrons. The first-order chi connectivity index (χ1) is 7.50. The van der Waals surface area contributed by atoms with Gasteiger partial charge in [0, 0.05) is 19.5 Å². The molecule has 0 saturated carbocycles. The Morgan fingerprint density at radius 1 is 1.56 bits per heavy atom. The second-order valence-corrected chi connectivity index (χ2v) is 4.85. The van der Waals surface area contributed by atoms with Gasteiger partial charge in [-0.2, -0.15) is 0 Å². The van der Waals surface area contributed by atoms with Crippen LogP contribution in [0.5, 0.6) is 0 Å². The number of carbonyl (C=O) groups excluding carboxylic acids is 1. The Morgan fingerprint density at radius 3 is 2.75 bits per heavy atom. The molecule has 1 aromatic carbocycles. The number of halogens is 2. The van der Waals surface area contributed by atoms with Gasteiger partial charge in [-0.15, -0.1) is 0 Å². The van der Waals surface area contributed by atoms with Gasteiger partial charge in [0.1, 0.15) is 5.82 Å². The van der Waals surface area contributed by atoms with Gasteiger partial charge in [-0.1, -0.05) is 6.07 Å². The van der Waals surface area contributed by atoms with Crippen LogP contribution in [-0.4, -0.2) is 23.9 Å². The zero-order chi connectivity index (χ0) is 11.9. The fraction of sp³-hybridized carbons (Fsp3) is 0.364. The average molecular weight is 287 g/mol. The third-order valence-electron chi connectivity index (χ3n) is 2.91. The molecule has 1 aliphatic rings. The minimum Gasteiger partial charge on any atom is -0.337 e. The molecule has 0 aliphatic carbocycles. The van der Waals surface area contributed by atoms with Crippen molar-refractivity contribution in [2.75, 3.05) is 7.05 Å². The molecule has 16 heavy (non-hydrogen) atoms. The molecule has 1 fully saturated rings. The van der Waals surface area contributed by atoms with E-state index in [-0.39, 0.29) is 23.8 Å². The van der Waals surface area contributed by atoms with Crippen LogP contribution >= 0.6 is 15.9 Å². The number of rotatable bonds is 1. The van der Waals surface area contributed by atoms with Crippen LogP contribution in [-0.2, 0) is 4.79 Å². The maximum Gasteiger partial charge on any atom is 0.224 e. The number of hydrogen-bond acceptors (Lipinski definition) is 2. The lowest BCUT2D eigenvalue weighted by molar-refractivity contribution is -0.127. The quantitative estimate of drug-likeness (QED) is 0.856. The van der Waals surface area contributed by atoms with E-state index >= 15 is 0 Å². The predicted molar refractivity (Wildman–Crippen MR) is 62.2 cm³/mol. The summed E-state index contributed by atoms with van der Waals surface area (Å²) in [5.74, 6) is -0.290. The van der Waals surface area contributed by atoms with Gasteiger partial charge < -0.3 is 10.6 Å². The van der Waals surface area contributed by atoms with Gasteiger partial charge in [-0.05, 0) is 33.6 Å². The summed E-state index contributed by atoms with van der Waals surface area (Å²) in [6.45, 7) is 0. The highest BCUT2D eigenvalue weighted by Crippen LogP contribution is 2.32. The number of nitrogens with two attached hydrogens (primary N) is 1. The molecule has 2 rings (SSSR count). The molecule has 1 amide bonds. The lowest BCUT2D eigenvalue weighted by Gasteiger charge is -2.23. The van der Waals surface area contributed by atoms with Crippen molar-refractivity contribution in [3.63, 3.8) is 0 Å². The Morgan fingerprint density at radius 2 is 2.25 bits per heavy atom. The molecule has 1 aromatic rings. The summed E-state index contributed by atoms with van der Waals surface area (Å²) in [6.07, 6.45) is 0.343. The Balaban J connectivity index is 2.37. The minimum atomic E-state index is -0.315. The molecule has 0 aromatic heterocycles. The van der Waals surface area contributed by atoms with E-state index in [4.69, 9.17) is 5.73 Å². The number of amides is 1. The van der Waals surface area contributed by atoms with Crippen LogP contribution in [0, 0.1) is 5.82 Å². The monoisotopic (exact) mass is 286 g/mol. The molecule has 0 radical (unpaired) electrons. The molecule has 1 saturated heterocycles. The van der Waals surface area contributed by atoms with Crippen LogP contribution in [0.2, 0.25) is 0 Å². The Labute approximate surface area is 102 Å². The van der Waals surface area contributed by atoms with E-state index in [1.807, 2.05) is 0 Å².